The Morgan fingerprint density at radius 1 is 1.43 bits per heavy atom. The van der Waals surface area contributed by atoms with Crippen molar-refractivity contribution in [2.75, 3.05) is 0 Å². The van der Waals surface area contributed by atoms with Gasteiger partial charge in [0, 0.05) is 24.2 Å². The monoisotopic (exact) mass is 442 g/mol. The molecule has 0 radical (unpaired) electrons. The zero-order valence-corrected chi connectivity index (χ0v) is 18.0. The number of thiophene rings is 1. The molecule has 0 spiro atoms. The van der Waals surface area contributed by atoms with E-state index in [0.717, 1.165) is 16.9 Å². The molecule has 0 saturated carbocycles. The lowest BCUT2D eigenvalue weighted by atomic mass is 10.0. The van der Waals surface area contributed by atoms with E-state index in [2.05, 4.69) is 14.1 Å². The first-order chi connectivity index (χ1) is 13.2. The minimum Gasteiger partial charge on any atom is -0.320 e. The van der Waals surface area contributed by atoms with E-state index >= 15 is 0 Å². The highest BCUT2D eigenvalue weighted by molar-refractivity contribution is 7.94. The molecule has 10 heteroatoms. The molecular weight excluding hydrogens is 420 g/mol. The Bertz CT molecular complexity index is 937. The molecule has 0 fully saturated rings. The number of rotatable bonds is 8. The molecule has 0 aromatic carbocycles. The van der Waals surface area contributed by atoms with Crippen molar-refractivity contribution in [3.05, 3.63) is 46.6 Å². The molecule has 0 aliphatic rings. The Morgan fingerprint density at radius 3 is 2.75 bits per heavy atom. The molecule has 0 aliphatic heterocycles. The number of hydrogen-bond donors (Lipinski definition) is 2. The minimum atomic E-state index is -3.52. The van der Waals surface area contributed by atoms with Crippen LogP contribution in [-0.4, -0.2) is 27.0 Å². The zero-order chi connectivity index (χ0) is 20.7. The van der Waals surface area contributed by atoms with E-state index in [1.165, 1.54) is 6.07 Å². The summed E-state index contributed by atoms with van der Waals surface area (Å²) in [4.78, 5) is 28.8. The first kappa shape index (κ1) is 22.5. The van der Waals surface area contributed by atoms with Crippen molar-refractivity contribution < 1.29 is 13.8 Å². The van der Waals surface area contributed by atoms with Crippen molar-refractivity contribution in [3.63, 3.8) is 0 Å². The van der Waals surface area contributed by atoms with Gasteiger partial charge in [0.15, 0.2) is 9.92 Å². The third-order valence-electron chi connectivity index (χ3n) is 3.69. The largest absolute Gasteiger partial charge is 0.320 e. The quantitative estimate of drug-likeness (QED) is 0.651. The van der Waals surface area contributed by atoms with Gasteiger partial charge >= 0.3 is 0 Å². The smallest absolute Gasteiger partial charge is 0.272 e. The Labute approximate surface area is 174 Å². The summed E-state index contributed by atoms with van der Waals surface area (Å²) >= 11 is 6.99. The van der Waals surface area contributed by atoms with E-state index in [1.54, 1.807) is 23.8 Å². The number of amides is 2. The number of nitrogens with one attached hydrogen (secondary N) is 1. The second kappa shape index (κ2) is 10.1. The lowest BCUT2D eigenvalue weighted by molar-refractivity contribution is -0.119. The topological polar surface area (TPSA) is 115 Å². The molecule has 2 aromatic rings. The van der Waals surface area contributed by atoms with Crippen LogP contribution in [0.25, 0.3) is 0 Å². The summed E-state index contributed by atoms with van der Waals surface area (Å²) in [6.45, 7) is 3.84. The lowest BCUT2D eigenvalue weighted by Crippen LogP contribution is -2.35. The van der Waals surface area contributed by atoms with Crippen molar-refractivity contribution in [1.82, 2.24) is 9.71 Å². The molecule has 7 nitrogen and oxygen atoms in total. The molecule has 2 atom stereocenters. The number of halogens is 1. The molecule has 0 bridgehead atoms. The molecule has 2 heterocycles. The molecule has 2 amide bonds. The van der Waals surface area contributed by atoms with Crippen LogP contribution in [0.2, 0.25) is 5.02 Å². The van der Waals surface area contributed by atoms with Gasteiger partial charge in [0.25, 0.3) is 5.91 Å². The average molecular weight is 443 g/mol. The Morgan fingerprint density at radius 2 is 2.18 bits per heavy atom. The highest BCUT2D eigenvalue weighted by atomic mass is 35.5. The Hall–Kier alpha value is -1.81. The lowest BCUT2D eigenvalue weighted by Gasteiger charge is -2.13. The van der Waals surface area contributed by atoms with Gasteiger partial charge in [-0.05, 0) is 36.5 Å². The van der Waals surface area contributed by atoms with Gasteiger partial charge in [-0.25, -0.2) is 4.21 Å². The van der Waals surface area contributed by atoms with Crippen molar-refractivity contribution in [2.45, 2.75) is 43.4 Å². The van der Waals surface area contributed by atoms with E-state index in [1.807, 2.05) is 19.9 Å². The van der Waals surface area contributed by atoms with E-state index in [0.29, 0.717) is 17.9 Å². The summed E-state index contributed by atoms with van der Waals surface area (Å²) in [5.41, 5.74) is 6.73. The van der Waals surface area contributed by atoms with Crippen molar-refractivity contribution >= 4 is 44.7 Å². The number of hydrogen-bond acceptors (Lipinski definition) is 6. The SMILES string of the molecule is CC(C)CC(N)C(=O)N=S(=O)(NC(=O)CCc1cccnc1)c1cc(Cl)cs1. The summed E-state index contributed by atoms with van der Waals surface area (Å²) in [7, 11) is -3.52. The number of aromatic nitrogens is 1. The fourth-order valence-corrected chi connectivity index (χ4v) is 5.46. The molecule has 0 saturated heterocycles. The number of nitrogens with two attached hydrogens (primary N) is 1. The molecule has 2 rings (SSSR count). The molecular formula is C18H23ClN4O3S2. The fourth-order valence-electron chi connectivity index (χ4n) is 2.37. The molecule has 0 aliphatic carbocycles. The van der Waals surface area contributed by atoms with Crippen LogP contribution in [-0.2, 0) is 25.9 Å². The standard InChI is InChI=1S/C18H23ClN4O3S2/c1-12(2)8-15(20)18(25)23-28(26,17-9-14(19)11-27-17)22-16(24)6-5-13-4-3-7-21-10-13/h3-4,7,9-12,15H,5-6,8,20H2,1-2H3,(H,22,23,24,25,26). The van der Waals surface area contributed by atoms with Gasteiger partial charge in [0.05, 0.1) is 11.1 Å². The number of carbonyl (C=O) groups excluding carboxylic acids is 2. The zero-order valence-electron chi connectivity index (χ0n) is 15.6. The first-order valence-electron chi connectivity index (χ1n) is 8.69. The average Bonchev–Trinajstić information content (AvgIpc) is 3.07. The van der Waals surface area contributed by atoms with Crippen LogP contribution in [0.4, 0.5) is 0 Å². The highest BCUT2D eigenvalue weighted by Crippen LogP contribution is 2.25. The van der Waals surface area contributed by atoms with E-state index in [4.69, 9.17) is 17.3 Å². The summed E-state index contributed by atoms with van der Waals surface area (Å²) < 4.78 is 19.8. The first-order valence-corrected chi connectivity index (χ1v) is 11.5. The van der Waals surface area contributed by atoms with E-state index < -0.39 is 27.8 Å². The van der Waals surface area contributed by atoms with Crippen LogP contribution in [0.15, 0.2) is 44.5 Å². The molecule has 3 N–H and O–H groups in total. The third-order valence-corrected chi connectivity index (χ3v) is 7.33. The maximum atomic E-state index is 13.4. The number of carbonyl (C=O) groups is 2. The summed E-state index contributed by atoms with van der Waals surface area (Å²) in [5.74, 6) is -1.03. The fraction of sp³-hybridized carbons (Fsp3) is 0.389. The van der Waals surface area contributed by atoms with Gasteiger partial charge < -0.3 is 5.73 Å². The maximum absolute atomic E-state index is 13.4. The van der Waals surface area contributed by atoms with E-state index in [-0.39, 0.29) is 16.5 Å². The van der Waals surface area contributed by atoms with Crippen LogP contribution < -0.4 is 10.5 Å². The van der Waals surface area contributed by atoms with Gasteiger partial charge in [0.2, 0.25) is 5.91 Å². The van der Waals surface area contributed by atoms with Crippen LogP contribution >= 0.6 is 22.9 Å². The van der Waals surface area contributed by atoms with Crippen LogP contribution in [0.1, 0.15) is 32.3 Å². The second-order valence-corrected chi connectivity index (χ2v) is 10.1. The Balaban J connectivity index is 2.21. The molecule has 152 valence electrons. The van der Waals surface area contributed by atoms with Crippen molar-refractivity contribution in [3.8, 4) is 0 Å². The Kier molecular flexibility index (Phi) is 8.11. The summed E-state index contributed by atoms with van der Waals surface area (Å²) in [6, 6.07) is 4.16. The predicted octanol–water partition coefficient (Wildman–Crippen LogP) is 3.19. The van der Waals surface area contributed by atoms with Gasteiger partial charge in [-0.2, -0.15) is 0 Å². The highest BCUT2D eigenvalue weighted by Gasteiger charge is 2.23. The van der Waals surface area contributed by atoms with Gasteiger partial charge in [-0.1, -0.05) is 31.5 Å². The van der Waals surface area contributed by atoms with Crippen LogP contribution in [0, 0.1) is 5.92 Å². The predicted molar refractivity (Wildman–Crippen MR) is 111 cm³/mol. The van der Waals surface area contributed by atoms with Crippen molar-refractivity contribution in [1.29, 1.82) is 0 Å². The minimum absolute atomic E-state index is 0.0730. The molecule has 2 aromatic heterocycles. The number of aryl methyl sites for hydroxylation is 1. The third kappa shape index (κ3) is 6.66. The molecule has 28 heavy (non-hydrogen) atoms. The van der Waals surface area contributed by atoms with Crippen molar-refractivity contribution in [2.24, 2.45) is 16.0 Å². The number of pyridine rings is 1. The van der Waals surface area contributed by atoms with Gasteiger partial charge in [-0.15, -0.1) is 15.7 Å². The normalized spacial score (nSPS) is 14.3. The van der Waals surface area contributed by atoms with Gasteiger partial charge in [0.1, 0.15) is 4.21 Å². The van der Waals surface area contributed by atoms with Crippen LogP contribution in [0.3, 0.4) is 0 Å². The summed E-state index contributed by atoms with van der Waals surface area (Å²) in [5, 5.41) is 1.92. The maximum Gasteiger partial charge on any atom is 0.272 e. The summed E-state index contributed by atoms with van der Waals surface area (Å²) in [6.07, 6.45) is 4.19. The number of nitrogens with zero attached hydrogens (tertiary/aromatic N) is 2. The van der Waals surface area contributed by atoms with Crippen LogP contribution in [0.5, 0.6) is 0 Å². The second-order valence-electron chi connectivity index (χ2n) is 6.66. The van der Waals surface area contributed by atoms with Gasteiger partial charge in [-0.3, -0.25) is 19.3 Å². The van der Waals surface area contributed by atoms with E-state index in [9.17, 15) is 13.8 Å². The molecule has 2 unspecified atom stereocenters.